The number of rotatable bonds is 4. The van der Waals surface area contributed by atoms with E-state index in [4.69, 9.17) is 9.51 Å². The minimum Gasteiger partial charge on any atom is -0.361 e. The van der Waals surface area contributed by atoms with Crippen LogP contribution in [0, 0.1) is 20.8 Å². The number of amides is 1. The third-order valence-corrected chi connectivity index (χ3v) is 5.35. The van der Waals surface area contributed by atoms with E-state index < -0.39 is 0 Å². The van der Waals surface area contributed by atoms with Crippen LogP contribution in [0.5, 0.6) is 0 Å². The Morgan fingerprint density at radius 2 is 1.89 bits per heavy atom. The molecule has 0 radical (unpaired) electrons. The minimum atomic E-state index is -0.218. The van der Waals surface area contributed by atoms with Gasteiger partial charge in [0.15, 0.2) is 10.8 Å². The summed E-state index contributed by atoms with van der Waals surface area (Å²) in [6, 6.07) is 15.7. The van der Waals surface area contributed by atoms with Crippen molar-refractivity contribution in [3.63, 3.8) is 0 Å². The molecule has 4 rings (SSSR count). The molecule has 0 aliphatic carbocycles. The van der Waals surface area contributed by atoms with E-state index >= 15 is 0 Å². The molecule has 0 saturated heterocycles. The Morgan fingerprint density at radius 3 is 2.59 bits per heavy atom. The second kappa shape index (κ2) is 6.96. The molecule has 0 aliphatic heterocycles. The van der Waals surface area contributed by atoms with Crippen LogP contribution in [-0.2, 0) is 6.54 Å². The van der Waals surface area contributed by atoms with E-state index in [0.29, 0.717) is 17.4 Å². The van der Waals surface area contributed by atoms with Crippen LogP contribution in [0.25, 0.3) is 10.2 Å². The Kier molecular flexibility index (Phi) is 4.49. The predicted molar refractivity (Wildman–Crippen MR) is 107 cm³/mol. The van der Waals surface area contributed by atoms with Crippen molar-refractivity contribution in [2.45, 2.75) is 27.3 Å². The fourth-order valence-electron chi connectivity index (χ4n) is 3.07. The van der Waals surface area contributed by atoms with Gasteiger partial charge in [-0.1, -0.05) is 52.9 Å². The fraction of sp³-hybridized carbons (Fsp3) is 0.190. The van der Waals surface area contributed by atoms with Crippen molar-refractivity contribution in [2.24, 2.45) is 0 Å². The van der Waals surface area contributed by atoms with Gasteiger partial charge in [0, 0.05) is 6.07 Å². The number of benzene rings is 2. The standard InChI is InChI=1S/C21H19N3O2S/c1-13-9-14(2)19-18(10-13)27-21(22-19)24(12-16-7-5-4-6-8-16)20(25)17-11-15(3)26-23-17/h4-11H,12H2,1-3H3. The summed E-state index contributed by atoms with van der Waals surface area (Å²) in [6.07, 6.45) is 0. The highest BCUT2D eigenvalue weighted by molar-refractivity contribution is 7.22. The van der Waals surface area contributed by atoms with Crippen LogP contribution in [0.1, 0.15) is 32.9 Å². The molecule has 2 aromatic carbocycles. The number of carbonyl (C=O) groups is 1. The maximum Gasteiger partial charge on any atom is 0.282 e. The number of hydrogen-bond donors (Lipinski definition) is 0. The van der Waals surface area contributed by atoms with Gasteiger partial charge in [-0.15, -0.1) is 0 Å². The average Bonchev–Trinajstić information content (AvgIpc) is 3.26. The molecule has 0 fully saturated rings. The summed E-state index contributed by atoms with van der Waals surface area (Å²) < 4.78 is 6.17. The van der Waals surface area contributed by atoms with Crippen LogP contribution in [0.4, 0.5) is 5.13 Å². The van der Waals surface area contributed by atoms with Gasteiger partial charge in [0.05, 0.1) is 16.8 Å². The first kappa shape index (κ1) is 17.4. The van der Waals surface area contributed by atoms with Crippen LogP contribution in [-0.4, -0.2) is 16.0 Å². The first-order valence-electron chi connectivity index (χ1n) is 8.68. The Labute approximate surface area is 161 Å². The van der Waals surface area contributed by atoms with Gasteiger partial charge in [0.2, 0.25) is 0 Å². The normalized spacial score (nSPS) is 11.1. The van der Waals surface area contributed by atoms with Crippen molar-refractivity contribution in [1.29, 1.82) is 0 Å². The van der Waals surface area contributed by atoms with Crippen molar-refractivity contribution in [3.8, 4) is 0 Å². The van der Waals surface area contributed by atoms with Crippen LogP contribution in [0.3, 0.4) is 0 Å². The Balaban J connectivity index is 1.79. The Hall–Kier alpha value is -2.99. The number of thiazole rings is 1. The molecule has 0 atom stereocenters. The molecule has 136 valence electrons. The third kappa shape index (κ3) is 3.48. The number of hydrogen-bond acceptors (Lipinski definition) is 5. The molecule has 0 bridgehead atoms. The Morgan fingerprint density at radius 1 is 1.11 bits per heavy atom. The quantitative estimate of drug-likeness (QED) is 0.499. The lowest BCUT2D eigenvalue weighted by Gasteiger charge is -2.18. The smallest absolute Gasteiger partial charge is 0.282 e. The zero-order valence-electron chi connectivity index (χ0n) is 15.4. The lowest BCUT2D eigenvalue weighted by atomic mass is 10.1. The minimum absolute atomic E-state index is 0.218. The van der Waals surface area contributed by atoms with Crippen molar-refractivity contribution < 1.29 is 9.32 Å². The Bertz CT molecular complexity index is 1120. The number of aryl methyl sites for hydroxylation is 3. The number of anilines is 1. The number of aromatic nitrogens is 2. The molecular formula is C21H19N3O2S. The van der Waals surface area contributed by atoms with E-state index in [1.807, 2.05) is 37.3 Å². The molecule has 4 aromatic rings. The summed E-state index contributed by atoms with van der Waals surface area (Å²) in [5.74, 6) is 0.387. The van der Waals surface area contributed by atoms with Gasteiger partial charge in [-0.05, 0) is 43.5 Å². The summed E-state index contributed by atoms with van der Waals surface area (Å²) in [4.78, 5) is 19.6. The van der Waals surface area contributed by atoms with E-state index in [9.17, 15) is 4.79 Å². The molecule has 6 heteroatoms. The highest BCUT2D eigenvalue weighted by Gasteiger charge is 2.24. The fourth-order valence-corrected chi connectivity index (χ4v) is 4.21. The molecular weight excluding hydrogens is 358 g/mol. The van der Waals surface area contributed by atoms with Gasteiger partial charge >= 0.3 is 0 Å². The second-order valence-electron chi connectivity index (χ2n) is 6.62. The van der Waals surface area contributed by atoms with Crippen molar-refractivity contribution >= 4 is 32.6 Å². The van der Waals surface area contributed by atoms with E-state index in [1.165, 1.54) is 16.9 Å². The number of nitrogens with zero attached hydrogens (tertiary/aromatic N) is 3. The zero-order valence-corrected chi connectivity index (χ0v) is 16.2. The maximum atomic E-state index is 13.2. The van der Waals surface area contributed by atoms with Crippen LogP contribution in [0.2, 0.25) is 0 Å². The largest absolute Gasteiger partial charge is 0.361 e. The third-order valence-electron chi connectivity index (χ3n) is 4.33. The van der Waals surface area contributed by atoms with Gasteiger partial charge in [-0.25, -0.2) is 4.98 Å². The monoisotopic (exact) mass is 377 g/mol. The lowest BCUT2D eigenvalue weighted by Crippen LogP contribution is -2.30. The molecule has 27 heavy (non-hydrogen) atoms. The topological polar surface area (TPSA) is 59.2 Å². The molecule has 5 nitrogen and oxygen atoms in total. The summed E-state index contributed by atoms with van der Waals surface area (Å²) in [6.45, 7) is 6.30. The van der Waals surface area contributed by atoms with Crippen molar-refractivity contribution in [2.75, 3.05) is 4.90 Å². The van der Waals surface area contributed by atoms with E-state index in [0.717, 1.165) is 21.3 Å². The lowest BCUT2D eigenvalue weighted by molar-refractivity contribution is 0.0976. The molecule has 1 amide bonds. The summed E-state index contributed by atoms with van der Waals surface area (Å²) >= 11 is 1.52. The first-order valence-corrected chi connectivity index (χ1v) is 9.50. The molecule has 0 spiro atoms. The molecule has 0 aliphatic rings. The zero-order chi connectivity index (χ0) is 19.0. The maximum absolute atomic E-state index is 13.2. The van der Waals surface area contributed by atoms with Gasteiger partial charge < -0.3 is 4.52 Å². The highest BCUT2D eigenvalue weighted by atomic mass is 32.1. The first-order chi connectivity index (χ1) is 13.0. The van der Waals surface area contributed by atoms with E-state index in [-0.39, 0.29) is 11.6 Å². The molecule has 2 aromatic heterocycles. The van der Waals surface area contributed by atoms with Gasteiger partial charge in [-0.2, -0.15) is 0 Å². The molecule has 2 heterocycles. The molecule has 0 saturated carbocycles. The van der Waals surface area contributed by atoms with E-state index in [2.05, 4.69) is 24.2 Å². The van der Waals surface area contributed by atoms with Crippen molar-refractivity contribution in [1.82, 2.24) is 10.1 Å². The number of carbonyl (C=O) groups excluding carboxylic acids is 1. The average molecular weight is 377 g/mol. The van der Waals surface area contributed by atoms with Crippen molar-refractivity contribution in [3.05, 3.63) is 76.7 Å². The van der Waals surface area contributed by atoms with E-state index in [1.54, 1.807) is 17.9 Å². The highest BCUT2D eigenvalue weighted by Crippen LogP contribution is 2.33. The van der Waals surface area contributed by atoms with Crippen LogP contribution >= 0.6 is 11.3 Å². The second-order valence-corrected chi connectivity index (χ2v) is 7.63. The van der Waals surface area contributed by atoms with Crippen LogP contribution in [0.15, 0.2) is 53.1 Å². The van der Waals surface area contributed by atoms with Gasteiger partial charge in [-0.3, -0.25) is 9.69 Å². The molecule has 0 unspecified atom stereocenters. The summed E-state index contributed by atoms with van der Waals surface area (Å²) in [5, 5.41) is 4.56. The predicted octanol–water partition coefficient (Wildman–Crippen LogP) is 5.06. The summed E-state index contributed by atoms with van der Waals surface area (Å²) in [5.41, 5.74) is 4.54. The van der Waals surface area contributed by atoms with Crippen LogP contribution < -0.4 is 4.90 Å². The summed E-state index contributed by atoms with van der Waals surface area (Å²) in [7, 11) is 0. The van der Waals surface area contributed by atoms with Gasteiger partial charge in [0.25, 0.3) is 5.91 Å². The SMILES string of the molecule is Cc1cc(C)c2nc(N(Cc3ccccc3)C(=O)c3cc(C)on3)sc2c1. The molecule has 0 N–H and O–H groups in total. The number of fused-ring (bicyclic) bond motifs is 1. The van der Waals surface area contributed by atoms with Gasteiger partial charge in [0.1, 0.15) is 5.76 Å².